The van der Waals surface area contributed by atoms with Gasteiger partial charge < -0.3 is 10.6 Å². The molecular weight excluding hydrogens is 331 g/mol. The SMILES string of the molecule is CCNC(=NCc1ccc(Cl)nc1)NCCc1ccccc1Cl. The highest BCUT2D eigenvalue weighted by Crippen LogP contribution is 2.14. The monoisotopic (exact) mass is 350 g/mol. The zero-order chi connectivity index (χ0) is 16.5. The fraction of sp³-hybridized carbons (Fsp3) is 0.294. The predicted molar refractivity (Wildman–Crippen MR) is 97.2 cm³/mol. The summed E-state index contributed by atoms with van der Waals surface area (Å²) in [6.45, 7) is 4.14. The minimum Gasteiger partial charge on any atom is -0.357 e. The summed E-state index contributed by atoms with van der Waals surface area (Å²) in [6.07, 6.45) is 2.58. The number of hydrogen-bond donors (Lipinski definition) is 2. The lowest BCUT2D eigenvalue weighted by Gasteiger charge is -2.11. The van der Waals surface area contributed by atoms with Crippen LogP contribution in [0.2, 0.25) is 10.2 Å². The van der Waals surface area contributed by atoms with E-state index < -0.39 is 0 Å². The van der Waals surface area contributed by atoms with Gasteiger partial charge in [0.25, 0.3) is 0 Å². The van der Waals surface area contributed by atoms with Gasteiger partial charge >= 0.3 is 0 Å². The normalized spacial score (nSPS) is 11.3. The molecule has 0 saturated carbocycles. The maximum Gasteiger partial charge on any atom is 0.191 e. The molecule has 122 valence electrons. The molecule has 0 fully saturated rings. The van der Waals surface area contributed by atoms with Crippen LogP contribution in [0.15, 0.2) is 47.6 Å². The van der Waals surface area contributed by atoms with E-state index in [-0.39, 0.29) is 0 Å². The van der Waals surface area contributed by atoms with Crippen molar-refractivity contribution < 1.29 is 0 Å². The summed E-state index contributed by atoms with van der Waals surface area (Å²) in [4.78, 5) is 8.60. The van der Waals surface area contributed by atoms with Gasteiger partial charge in [0, 0.05) is 24.3 Å². The van der Waals surface area contributed by atoms with E-state index in [0.717, 1.165) is 41.6 Å². The molecule has 4 nitrogen and oxygen atoms in total. The molecule has 2 rings (SSSR count). The molecule has 0 atom stereocenters. The first kappa shape index (κ1) is 17.6. The zero-order valence-electron chi connectivity index (χ0n) is 13.0. The molecule has 23 heavy (non-hydrogen) atoms. The first-order valence-corrected chi connectivity index (χ1v) is 8.30. The number of guanidine groups is 1. The predicted octanol–water partition coefficient (Wildman–Crippen LogP) is 3.69. The van der Waals surface area contributed by atoms with Crippen molar-refractivity contribution in [3.63, 3.8) is 0 Å². The first-order chi connectivity index (χ1) is 11.2. The second kappa shape index (κ2) is 9.38. The Balaban J connectivity index is 1.89. The van der Waals surface area contributed by atoms with E-state index in [9.17, 15) is 0 Å². The van der Waals surface area contributed by atoms with Gasteiger partial charge in [-0.05, 0) is 36.6 Å². The third-order valence-electron chi connectivity index (χ3n) is 3.20. The molecule has 1 heterocycles. The van der Waals surface area contributed by atoms with E-state index in [2.05, 4.69) is 20.6 Å². The summed E-state index contributed by atoms with van der Waals surface area (Å²) in [7, 11) is 0. The van der Waals surface area contributed by atoms with Crippen LogP contribution in [0.4, 0.5) is 0 Å². The average Bonchev–Trinajstić information content (AvgIpc) is 2.56. The lowest BCUT2D eigenvalue weighted by molar-refractivity contribution is 0.799. The van der Waals surface area contributed by atoms with Gasteiger partial charge in [-0.1, -0.05) is 47.5 Å². The Morgan fingerprint density at radius 3 is 2.65 bits per heavy atom. The highest BCUT2D eigenvalue weighted by molar-refractivity contribution is 6.31. The number of rotatable bonds is 6. The molecule has 0 bridgehead atoms. The van der Waals surface area contributed by atoms with Crippen LogP contribution in [0.1, 0.15) is 18.1 Å². The number of pyridine rings is 1. The van der Waals surface area contributed by atoms with Crippen molar-refractivity contribution >= 4 is 29.2 Å². The van der Waals surface area contributed by atoms with Gasteiger partial charge in [0.15, 0.2) is 5.96 Å². The number of benzene rings is 1. The average molecular weight is 351 g/mol. The third-order valence-corrected chi connectivity index (χ3v) is 3.79. The van der Waals surface area contributed by atoms with Crippen molar-refractivity contribution in [2.45, 2.75) is 19.9 Å². The van der Waals surface area contributed by atoms with E-state index in [1.807, 2.05) is 37.3 Å². The van der Waals surface area contributed by atoms with E-state index in [0.29, 0.717) is 11.7 Å². The quantitative estimate of drug-likeness (QED) is 0.474. The number of halogens is 2. The Morgan fingerprint density at radius 1 is 1.13 bits per heavy atom. The van der Waals surface area contributed by atoms with Crippen molar-refractivity contribution in [2.24, 2.45) is 4.99 Å². The molecule has 1 aromatic carbocycles. The molecule has 0 radical (unpaired) electrons. The topological polar surface area (TPSA) is 49.3 Å². The van der Waals surface area contributed by atoms with Crippen molar-refractivity contribution in [3.05, 3.63) is 63.9 Å². The minimum atomic E-state index is 0.488. The van der Waals surface area contributed by atoms with E-state index in [1.54, 1.807) is 12.3 Å². The van der Waals surface area contributed by atoms with Gasteiger partial charge in [-0.25, -0.2) is 9.98 Å². The Bertz CT molecular complexity index is 641. The van der Waals surface area contributed by atoms with Gasteiger partial charge in [0.1, 0.15) is 5.15 Å². The molecule has 0 aliphatic heterocycles. The number of aliphatic imine (C=N–C) groups is 1. The molecule has 0 saturated heterocycles. The second-order valence-corrected chi connectivity index (χ2v) is 5.75. The van der Waals surface area contributed by atoms with Gasteiger partial charge in [0.2, 0.25) is 0 Å². The van der Waals surface area contributed by atoms with E-state index in [1.165, 1.54) is 0 Å². The molecule has 1 aromatic heterocycles. The molecule has 0 unspecified atom stereocenters. The Labute approximate surface area is 146 Å². The van der Waals surface area contributed by atoms with Gasteiger partial charge in [0.05, 0.1) is 6.54 Å². The van der Waals surface area contributed by atoms with Crippen LogP contribution < -0.4 is 10.6 Å². The van der Waals surface area contributed by atoms with Crippen molar-refractivity contribution in [3.8, 4) is 0 Å². The molecule has 0 spiro atoms. The maximum absolute atomic E-state index is 6.16. The number of hydrogen-bond acceptors (Lipinski definition) is 2. The van der Waals surface area contributed by atoms with E-state index >= 15 is 0 Å². The van der Waals surface area contributed by atoms with E-state index in [4.69, 9.17) is 23.2 Å². The summed E-state index contributed by atoms with van der Waals surface area (Å²) in [5, 5.41) is 7.82. The van der Waals surface area contributed by atoms with Crippen molar-refractivity contribution in [2.75, 3.05) is 13.1 Å². The Hall–Kier alpha value is -1.78. The Kier molecular flexibility index (Phi) is 7.17. The summed E-state index contributed by atoms with van der Waals surface area (Å²) in [6, 6.07) is 11.6. The number of nitrogens with zero attached hydrogens (tertiary/aromatic N) is 2. The summed E-state index contributed by atoms with van der Waals surface area (Å²) >= 11 is 11.9. The zero-order valence-corrected chi connectivity index (χ0v) is 14.5. The third kappa shape index (κ3) is 6.08. The largest absolute Gasteiger partial charge is 0.357 e. The minimum absolute atomic E-state index is 0.488. The fourth-order valence-electron chi connectivity index (χ4n) is 2.03. The molecular formula is C17H20Cl2N4. The van der Waals surface area contributed by atoms with Gasteiger partial charge in [-0.15, -0.1) is 0 Å². The van der Waals surface area contributed by atoms with Crippen LogP contribution in [-0.4, -0.2) is 24.0 Å². The molecule has 6 heteroatoms. The van der Waals surface area contributed by atoms with Crippen LogP contribution in [0.3, 0.4) is 0 Å². The van der Waals surface area contributed by atoms with Crippen LogP contribution in [0.25, 0.3) is 0 Å². The van der Waals surface area contributed by atoms with Crippen LogP contribution >= 0.6 is 23.2 Å². The molecule has 2 aromatic rings. The highest BCUT2D eigenvalue weighted by atomic mass is 35.5. The molecule has 0 amide bonds. The smallest absolute Gasteiger partial charge is 0.191 e. The maximum atomic E-state index is 6.16. The number of nitrogens with one attached hydrogen (secondary N) is 2. The highest BCUT2D eigenvalue weighted by Gasteiger charge is 2.01. The lowest BCUT2D eigenvalue weighted by Crippen LogP contribution is -2.38. The van der Waals surface area contributed by atoms with Crippen molar-refractivity contribution in [1.29, 1.82) is 0 Å². The van der Waals surface area contributed by atoms with Crippen LogP contribution in [0.5, 0.6) is 0 Å². The second-order valence-electron chi connectivity index (χ2n) is 4.95. The summed E-state index contributed by atoms with van der Waals surface area (Å²) in [5.41, 5.74) is 2.14. The van der Waals surface area contributed by atoms with Crippen LogP contribution in [0, 0.1) is 0 Å². The standard InChI is InChI=1S/C17H20Cl2N4/c1-2-20-17(23-12-13-7-8-16(19)22-11-13)21-10-9-14-5-3-4-6-15(14)18/h3-8,11H,2,9-10,12H2,1H3,(H2,20,21,23). The fourth-order valence-corrected chi connectivity index (χ4v) is 2.37. The first-order valence-electron chi connectivity index (χ1n) is 7.55. The molecule has 2 N–H and O–H groups in total. The number of aromatic nitrogens is 1. The van der Waals surface area contributed by atoms with Gasteiger partial charge in [-0.3, -0.25) is 0 Å². The molecule has 0 aliphatic rings. The summed E-state index contributed by atoms with van der Waals surface area (Å²) < 4.78 is 0. The van der Waals surface area contributed by atoms with Crippen molar-refractivity contribution in [1.82, 2.24) is 15.6 Å². The Morgan fingerprint density at radius 2 is 1.96 bits per heavy atom. The molecule has 0 aliphatic carbocycles. The van der Waals surface area contributed by atoms with Crippen LogP contribution in [-0.2, 0) is 13.0 Å². The summed E-state index contributed by atoms with van der Waals surface area (Å²) in [5.74, 6) is 0.773. The lowest BCUT2D eigenvalue weighted by atomic mass is 10.1. The van der Waals surface area contributed by atoms with Gasteiger partial charge in [-0.2, -0.15) is 0 Å².